The van der Waals surface area contributed by atoms with Crippen LogP contribution in [0.5, 0.6) is 0 Å². The van der Waals surface area contributed by atoms with Gasteiger partial charge in [-0.15, -0.1) is 0 Å². The highest BCUT2D eigenvalue weighted by atomic mass is 16.6. The molecule has 0 atom stereocenters. The summed E-state index contributed by atoms with van der Waals surface area (Å²) in [6, 6.07) is 17.4. The number of rotatable bonds is 6. The van der Waals surface area contributed by atoms with Crippen molar-refractivity contribution in [3.63, 3.8) is 0 Å². The third kappa shape index (κ3) is 4.70. The fourth-order valence-electron chi connectivity index (χ4n) is 2.33. The highest BCUT2D eigenvalue weighted by molar-refractivity contribution is 6.10. The minimum atomic E-state index is -0.586. The molecule has 1 heterocycles. The number of nitro benzene ring substituents is 1. The summed E-state index contributed by atoms with van der Waals surface area (Å²) in [5.41, 5.74) is 0.952. The van der Waals surface area contributed by atoms with Gasteiger partial charge in [-0.1, -0.05) is 30.3 Å². The van der Waals surface area contributed by atoms with E-state index in [-0.39, 0.29) is 17.1 Å². The molecule has 3 rings (SSSR count). The summed E-state index contributed by atoms with van der Waals surface area (Å²) >= 11 is 0. The second-order valence-corrected chi connectivity index (χ2v) is 5.66. The summed E-state index contributed by atoms with van der Waals surface area (Å²) in [5.74, 6) is -1.11. The van der Waals surface area contributed by atoms with Gasteiger partial charge in [0, 0.05) is 17.8 Å². The van der Waals surface area contributed by atoms with E-state index >= 15 is 0 Å². The second-order valence-electron chi connectivity index (χ2n) is 5.66. The van der Waals surface area contributed by atoms with E-state index in [4.69, 9.17) is 4.42 Å². The molecular formula is C20H15N3O5. The standard InChI is InChI=1S/C20H15N3O5/c24-19(21-15-8-10-16(11-9-15)23(26)27)17(13-14-5-2-1-3-6-14)22-20(25)18-7-4-12-28-18/h1-13H,(H,21,24)(H,22,25)/b17-13+. The molecule has 0 aliphatic heterocycles. The van der Waals surface area contributed by atoms with E-state index in [1.54, 1.807) is 30.3 Å². The third-order valence-electron chi connectivity index (χ3n) is 3.68. The molecule has 8 nitrogen and oxygen atoms in total. The number of nitrogens with one attached hydrogen (secondary N) is 2. The predicted octanol–water partition coefficient (Wildman–Crippen LogP) is 3.60. The number of furan rings is 1. The quantitative estimate of drug-likeness (QED) is 0.387. The smallest absolute Gasteiger partial charge is 0.291 e. The number of anilines is 1. The first-order valence-electron chi connectivity index (χ1n) is 8.20. The van der Waals surface area contributed by atoms with E-state index in [0.29, 0.717) is 11.3 Å². The van der Waals surface area contributed by atoms with Crippen molar-refractivity contribution in [2.24, 2.45) is 0 Å². The fourth-order valence-corrected chi connectivity index (χ4v) is 2.33. The zero-order chi connectivity index (χ0) is 19.9. The topological polar surface area (TPSA) is 114 Å². The molecule has 0 fully saturated rings. The third-order valence-corrected chi connectivity index (χ3v) is 3.68. The molecule has 0 saturated heterocycles. The van der Waals surface area contributed by atoms with Crippen LogP contribution < -0.4 is 10.6 Å². The average molecular weight is 377 g/mol. The van der Waals surface area contributed by atoms with Crippen LogP contribution in [0.3, 0.4) is 0 Å². The maximum absolute atomic E-state index is 12.7. The number of nitrogens with zero attached hydrogens (tertiary/aromatic N) is 1. The molecule has 1 aromatic heterocycles. The summed E-state index contributed by atoms with van der Waals surface area (Å²) in [4.78, 5) is 35.2. The van der Waals surface area contributed by atoms with Crippen molar-refractivity contribution in [3.8, 4) is 0 Å². The largest absolute Gasteiger partial charge is 0.459 e. The fraction of sp³-hybridized carbons (Fsp3) is 0. The molecule has 2 amide bonds. The van der Waals surface area contributed by atoms with E-state index in [1.807, 2.05) is 6.07 Å². The molecular weight excluding hydrogens is 362 g/mol. The molecule has 0 aliphatic rings. The first-order chi connectivity index (χ1) is 13.5. The molecule has 2 aromatic carbocycles. The molecule has 28 heavy (non-hydrogen) atoms. The predicted molar refractivity (Wildman–Crippen MR) is 102 cm³/mol. The number of non-ortho nitro benzene ring substituents is 1. The van der Waals surface area contributed by atoms with Crippen molar-refractivity contribution in [3.05, 3.63) is 100 Å². The van der Waals surface area contributed by atoms with Crippen LogP contribution in [-0.2, 0) is 4.79 Å². The van der Waals surface area contributed by atoms with Gasteiger partial charge < -0.3 is 15.1 Å². The molecule has 0 unspecified atom stereocenters. The van der Waals surface area contributed by atoms with Crippen LogP contribution in [0.15, 0.2) is 83.1 Å². The van der Waals surface area contributed by atoms with Crippen molar-refractivity contribution >= 4 is 29.3 Å². The van der Waals surface area contributed by atoms with Gasteiger partial charge in [-0.25, -0.2) is 0 Å². The van der Waals surface area contributed by atoms with Gasteiger partial charge in [-0.2, -0.15) is 0 Å². The van der Waals surface area contributed by atoms with Gasteiger partial charge in [-0.05, 0) is 35.9 Å². The van der Waals surface area contributed by atoms with Gasteiger partial charge in [0.1, 0.15) is 5.70 Å². The minimum absolute atomic E-state index is 0.00838. The lowest BCUT2D eigenvalue weighted by molar-refractivity contribution is -0.384. The van der Waals surface area contributed by atoms with Crippen LogP contribution in [0.1, 0.15) is 16.1 Å². The van der Waals surface area contributed by atoms with Crippen LogP contribution in [0.25, 0.3) is 6.08 Å². The number of carbonyl (C=O) groups is 2. The Hall–Kier alpha value is -4.20. The Morgan fingerprint density at radius 1 is 0.964 bits per heavy atom. The Balaban J connectivity index is 1.83. The first kappa shape index (κ1) is 18.6. The maximum Gasteiger partial charge on any atom is 0.291 e. The Labute approximate surface area is 159 Å². The summed E-state index contributed by atoms with van der Waals surface area (Å²) < 4.78 is 5.05. The molecule has 3 aromatic rings. The maximum atomic E-state index is 12.7. The van der Waals surface area contributed by atoms with Crippen molar-refractivity contribution in [1.29, 1.82) is 0 Å². The molecule has 0 bridgehead atoms. The Morgan fingerprint density at radius 2 is 1.68 bits per heavy atom. The number of hydrogen-bond acceptors (Lipinski definition) is 5. The van der Waals surface area contributed by atoms with Crippen molar-refractivity contribution in [2.75, 3.05) is 5.32 Å². The van der Waals surface area contributed by atoms with E-state index in [0.717, 1.165) is 0 Å². The first-order valence-corrected chi connectivity index (χ1v) is 8.20. The summed E-state index contributed by atoms with van der Waals surface area (Å²) in [6.07, 6.45) is 2.87. The van der Waals surface area contributed by atoms with E-state index in [1.165, 1.54) is 42.7 Å². The van der Waals surface area contributed by atoms with Crippen LogP contribution in [-0.4, -0.2) is 16.7 Å². The molecule has 0 saturated carbocycles. The minimum Gasteiger partial charge on any atom is -0.459 e. The number of nitro groups is 1. The van der Waals surface area contributed by atoms with Crippen LogP contribution in [0.2, 0.25) is 0 Å². The number of benzene rings is 2. The van der Waals surface area contributed by atoms with Crippen LogP contribution >= 0.6 is 0 Å². The van der Waals surface area contributed by atoms with E-state index in [2.05, 4.69) is 10.6 Å². The molecule has 140 valence electrons. The van der Waals surface area contributed by atoms with Gasteiger partial charge in [0.25, 0.3) is 17.5 Å². The van der Waals surface area contributed by atoms with E-state index < -0.39 is 16.7 Å². The van der Waals surface area contributed by atoms with Crippen molar-refractivity contribution < 1.29 is 18.9 Å². The van der Waals surface area contributed by atoms with Gasteiger partial charge in [0.15, 0.2) is 5.76 Å². The van der Waals surface area contributed by atoms with Gasteiger partial charge in [-0.3, -0.25) is 19.7 Å². The van der Waals surface area contributed by atoms with Crippen molar-refractivity contribution in [2.45, 2.75) is 0 Å². The molecule has 0 spiro atoms. The highest BCUT2D eigenvalue weighted by Gasteiger charge is 2.17. The number of amides is 2. The van der Waals surface area contributed by atoms with Crippen LogP contribution in [0, 0.1) is 10.1 Å². The van der Waals surface area contributed by atoms with Crippen molar-refractivity contribution in [1.82, 2.24) is 5.32 Å². The summed E-state index contributed by atoms with van der Waals surface area (Å²) in [7, 11) is 0. The Bertz CT molecular complexity index is 1010. The second kappa shape index (κ2) is 8.45. The molecule has 0 radical (unpaired) electrons. The average Bonchev–Trinajstić information content (AvgIpc) is 3.23. The lowest BCUT2D eigenvalue weighted by Gasteiger charge is -2.10. The van der Waals surface area contributed by atoms with Gasteiger partial charge in [0.2, 0.25) is 0 Å². The van der Waals surface area contributed by atoms with Gasteiger partial charge >= 0.3 is 0 Å². The van der Waals surface area contributed by atoms with Gasteiger partial charge in [0.05, 0.1) is 11.2 Å². The van der Waals surface area contributed by atoms with Crippen LogP contribution in [0.4, 0.5) is 11.4 Å². The molecule has 8 heteroatoms. The normalized spacial score (nSPS) is 10.9. The number of carbonyl (C=O) groups excluding carboxylic acids is 2. The van der Waals surface area contributed by atoms with E-state index in [9.17, 15) is 19.7 Å². The summed E-state index contributed by atoms with van der Waals surface area (Å²) in [6.45, 7) is 0. The SMILES string of the molecule is O=C(Nc1ccc([N+](=O)[O-])cc1)/C(=C\c1ccccc1)NC(=O)c1ccco1. The lowest BCUT2D eigenvalue weighted by Crippen LogP contribution is -2.30. The highest BCUT2D eigenvalue weighted by Crippen LogP contribution is 2.16. The Kier molecular flexibility index (Phi) is 5.61. The monoisotopic (exact) mass is 377 g/mol. The molecule has 0 aliphatic carbocycles. The lowest BCUT2D eigenvalue weighted by atomic mass is 10.2. The zero-order valence-corrected chi connectivity index (χ0v) is 14.5. The molecule has 2 N–H and O–H groups in total. The summed E-state index contributed by atoms with van der Waals surface area (Å²) in [5, 5.41) is 15.9. The number of hydrogen-bond donors (Lipinski definition) is 2. The Morgan fingerprint density at radius 3 is 2.29 bits per heavy atom. The zero-order valence-electron chi connectivity index (χ0n) is 14.5.